The van der Waals surface area contributed by atoms with E-state index in [9.17, 15) is 14.4 Å². The second kappa shape index (κ2) is 11.8. The minimum atomic E-state index is -0.525. The molecule has 1 rings (SSSR count). The SMILES string of the molecule is CCC[C@@H](C)NC(=O)COC(=O)CSCC(=O)Nc1ccc(Cl)cc1. The number of nitrogens with one attached hydrogen (secondary N) is 2. The van der Waals surface area contributed by atoms with Gasteiger partial charge in [0.2, 0.25) is 5.91 Å². The Bertz CT molecular complexity index is 581. The van der Waals surface area contributed by atoms with Gasteiger partial charge < -0.3 is 15.4 Å². The van der Waals surface area contributed by atoms with Crippen molar-refractivity contribution in [3.63, 3.8) is 0 Å². The molecule has 138 valence electrons. The molecular formula is C17H23ClN2O4S. The average molecular weight is 387 g/mol. The van der Waals surface area contributed by atoms with Gasteiger partial charge in [-0.1, -0.05) is 24.9 Å². The molecular weight excluding hydrogens is 364 g/mol. The van der Waals surface area contributed by atoms with Gasteiger partial charge in [0.1, 0.15) is 0 Å². The van der Waals surface area contributed by atoms with Crippen LogP contribution in [-0.4, -0.2) is 41.9 Å². The van der Waals surface area contributed by atoms with Gasteiger partial charge in [-0.2, -0.15) is 0 Å². The normalized spacial score (nSPS) is 11.5. The lowest BCUT2D eigenvalue weighted by Crippen LogP contribution is -2.35. The van der Waals surface area contributed by atoms with Crippen molar-refractivity contribution in [1.29, 1.82) is 0 Å². The van der Waals surface area contributed by atoms with Gasteiger partial charge in [0.25, 0.3) is 5.91 Å². The number of thioether (sulfide) groups is 1. The van der Waals surface area contributed by atoms with E-state index < -0.39 is 5.97 Å². The molecule has 0 aliphatic rings. The number of carbonyl (C=O) groups is 3. The maximum Gasteiger partial charge on any atom is 0.316 e. The predicted molar refractivity (Wildman–Crippen MR) is 101 cm³/mol. The molecule has 0 radical (unpaired) electrons. The Morgan fingerprint density at radius 1 is 1.16 bits per heavy atom. The number of rotatable bonds is 10. The third-order valence-electron chi connectivity index (χ3n) is 3.07. The number of hydrogen-bond acceptors (Lipinski definition) is 5. The van der Waals surface area contributed by atoms with Crippen LogP contribution in [0.3, 0.4) is 0 Å². The van der Waals surface area contributed by atoms with E-state index in [2.05, 4.69) is 10.6 Å². The van der Waals surface area contributed by atoms with Crippen molar-refractivity contribution < 1.29 is 19.1 Å². The van der Waals surface area contributed by atoms with Crippen LogP contribution in [0.2, 0.25) is 5.02 Å². The number of amides is 2. The molecule has 2 N–H and O–H groups in total. The number of halogens is 1. The Hall–Kier alpha value is -1.73. The summed E-state index contributed by atoms with van der Waals surface area (Å²) in [5.74, 6) is -0.961. The van der Waals surface area contributed by atoms with Crippen molar-refractivity contribution in [3.05, 3.63) is 29.3 Å². The molecule has 0 bridgehead atoms. The highest BCUT2D eigenvalue weighted by Gasteiger charge is 2.11. The summed E-state index contributed by atoms with van der Waals surface area (Å²) in [6.45, 7) is 3.63. The van der Waals surface area contributed by atoms with Gasteiger partial charge in [0.05, 0.1) is 11.5 Å². The van der Waals surface area contributed by atoms with E-state index in [1.807, 2.05) is 13.8 Å². The lowest BCUT2D eigenvalue weighted by Gasteiger charge is -2.12. The maximum absolute atomic E-state index is 11.7. The molecule has 25 heavy (non-hydrogen) atoms. The highest BCUT2D eigenvalue weighted by Crippen LogP contribution is 2.13. The minimum absolute atomic E-state index is 0.00579. The van der Waals surface area contributed by atoms with Crippen molar-refractivity contribution in [1.82, 2.24) is 5.32 Å². The molecule has 1 aromatic rings. The highest BCUT2D eigenvalue weighted by atomic mass is 35.5. The lowest BCUT2D eigenvalue weighted by atomic mass is 10.2. The highest BCUT2D eigenvalue weighted by molar-refractivity contribution is 8.00. The fourth-order valence-electron chi connectivity index (χ4n) is 1.97. The zero-order chi connectivity index (χ0) is 18.7. The van der Waals surface area contributed by atoms with E-state index in [4.69, 9.17) is 16.3 Å². The van der Waals surface area contributed by atoms with Gasteiger partial charge >= 0.3 is 5.97 Å². The smallest absolute Gasteiger partial charge is 0.316 e. The van der Waals surface area contributed by atoms with E-state index >= 15 is 0 Å². The monoisotopic (exact) mass is 386 g/mol. The second-order valence-electron chi connectivity index (χ2n) is 5.47. The van der Waals surface area contributed by atoms with E-state index in [1.165, 1.54) is 0 Å². The fraction of sp³-hybridized carbons (Fsp3) is 0.471. The number of hydrogen-bond donors (Lipinski definition) is 2. The van der Waals surface area contributed by atoms with Gasteiger partial charge in [0.15, 0.2) is 6.61 Å². The lowest BCUT2D eigenvalue weighted by molar-refractivity contribution is -0.146. The predicted octanol–water partition coefficient (Wildman–Crippen LogP) is 2.86. The van der Waals surface area contributed by atoms with Gasteiger partial charge in [0, 0.05) is 16.8 Å². The molecule has 0 saturated carbocycles. The molecule has 1 aromatic carbocycles. The van der Waals surface area contributed by atoms with Gasteiger partial charge in [-0.15, -0.1) is 11.8 Å². The number of carbonyl (C=O) groups excluding carboxylic acids is 3. The van der Waals surface area contributed by atoms with Crippen molar-refractivity contribution in [2.75, 3.05) is 23.4 Å². The number of ether oxygens (including phenoxy) is 1. The molecule has 8 heteroatoms. The topological polar surface area (TPSA) is 84.5 Å². The zero-order valence-corrected chi connectivity index (χ0v) is 15.9. The first kappa shape index (κ1) is 21.3. The Morgan fingerprint density at radius 2 is 1.84 bits per heavy atom. The summed E-state index contributed by atoms with van der Waals surface area (Å²) in [5.41, 5.74) is 0.635. The fourth-order valence-corrected chi connectivity index (χ4v) is 2.70. The Morgan fingerprint density at radius 3 is 2.48 bits per heavy atom. The minimum Gasteiger partial charge on any atom is -0.455 e. The Kier molecular flexibility index (Phi) is 10.0. The Labute approximate surface area is 157 Å². The van der Waals surface area contributed by atoms with Crippen LogP contribution in [0.5, 0.6) is 0 Å². The molecule has 0 unspecified atom stereocenters. The summed E-state index contributed by atoms with van der Waals surface area (Å²) in [5, 5.41) is 6.02. The summed E-state index contributed by atoms with van der Waals surface area (Å²) < 4.78 is 4.88. The van der Waals surface area contributed by atoms with Gasteiger partial charge in [-0.3, -0.25) is 14.4 Å². The molecule has 0 saturated heterocycles. The quantitative estimate of drug-likeness (QED) is 0.604. The van der Waals surface area contributed by atoms with Crippen molar-refractivity contribution in [2.24, 2.45) is 0 Å². The van der Waals surface area contributed by atoms with Crippen LogP contribution >= 0.6 is 23.4 Å². The number of anilines is 1. The molecule has 0 fully saturated rings. The van der Waals surface area contributed by atoms with Crippen LogP contribution < -0.4 is 10.6 Å². The van der Waals surface area contributed by atoms with Crippen molar-refractivity contribution in [3.8, 4) is 0 Å². The molecule has 6 nitrogen and oxygen atoms in total. The molecule has 1 atom stereocenters. The Balaban J connectivity index is 2.16. The third kappa shape index (κ3) is 9.99. The summed E-state index contributed by atoms with van der Waals surface area (Å²) in [7, 11) is 0. The van der Waals surface area contributed by atoms with E-state index in [0.29, 0.717) is 10.7 Å². The first-order valence-electron chi connectivity index (χ1n) is 7.98. The number of benzene rings is 1. The first-order chi connectivity index (χ1) is 11.9. The maximum atomic E-state index is 11.7. The average Bonchev–Trinajstić information content (AvgIpc) is 2.55. The zero-order valence-electron chi connectivity index (χ0n) is 14.3. The summed E-state index contributed by atoms with van der Waals surface area (Å²) in [6.07, 6.45) is 1.84. The van der Waals surface area contributed by atoms with E-state index in [0.717, 1.165) is 24.6 Å². The number of esters is 1. The standard InChI is InChI=1S/C17H23ClN2O4S/c1-3-4-12(2)19-15(21)9-24-17(23)11-25-10-16(22)20-14-7-5-13(18)6-8-14/h5-8,12H,3-4,9-11H2,1-2H3,(H,19,21)(H,20,22)/t12-/m1/s1. The van der Waals surface area contributed by atoms with Gasteiger partial charge in [-0.25, -0.2) is 0 Å². The van der Waals surface area contributed by atoms with Crippen molar-refractivity contribution >= 4 is 46.8 Å². The molecule has 0 spiro atoms. The summed E-state index contributed by atoms with van der Waals surface area (Å²) in [4.78, 5) is 34.9. The summed E-state index contributed by atoms with van der Waals surface area (Å²) >= 11 is 6.89. The third-order valence-corrected chi connectivity index (χ3v) is 4.23. The van der Waals surface area contributed by atoms with Gasteiger partial charge in [-0.05, 0) is 37.6 Å². The molecule has 0 aliphatic carbocycles. The van der Waals surface area contributed by atoms with Crippen molar-refractivity contribution in [2.45, 2.75) is 32.7 Å². The summed E-state index contributed by atoms with van der Waals surface area (Å²) in [6, 6.07) is 6.79. The van der Waals surface area contributed by atoms with Crippen LogP contribution in [0.1, 0.15) is 26.7 Å². The second-order valence-corrected chi connectivity index (χ2v) is 6.89. The largest absolute Gasteiger partial charge is 0.455 e. The van der Waals surface area contributed by atoms with Crippen LogP contribution in [0, 0.1) is 0 Å². The molecule has 0 heterocycles. The van der Waals surface area contributed by atoms with Crippen LogP contribution in [0.15, 0.2) is 24.3 Å². The molecule has 0 aromatic heterocycles. The molecule has 0 aliphatic heterocycles. The van der Waals surface area contributed by atoms with Crippen LogP contribution in [0.25, 0.3) is 0 Å². The van der Waals surface area contributed by atoms with E-state index in [-0.39, 0.29) is 36.0 Å². The van der Waals surface area contributed by atoms with E-state index in [1.54, 1.807) is 24.3 Å². The molecule has 2 amide bonds. The first-order valence-corrected chi connectivity index (χ1v) is 9.52. The van der Waals surface area contributed by atoms with Crippen LogP contribution in [-0.2, 0) is 19.1 Å². The van der Waals surface area contributed by atoms with Crippen LogP contribution in [0.4, 0.5) is 5.69 Å².